The number of carbonyl (C=O) groups excluding carboxylic acids is 1. The maximum Gasteiger partial charge on any atom is 0.387 e. The molecular weight excluding hydrogens is 342 g/mol. The molecule has 1 aromatic carbocycles. The minimum atomic E-state index is -3.06. The molecule has 9 nitrogen and oxygen atoms in total. The van der Waals surface area contributed by atoms with Gasteiger partial charge in [0.05, 0.1) is 19.9 Å². The van der Waals surface area contributed by atoms with E-state index >= 15 is 0 Å². The van der Waals surface area contributed by atoms with Gasteiger partial charge in [0.25, 0.3) is 5.91 Å². The quantitative estimate of drug-likeness (QED) is 0.722. The van der Waals surface area contributed by atoms with E-state index in [-0.39, 0.29) is 30.2 Å². The molecule has 1 heterocycles. The standard InChI is InChI=1S/C14H14F2N4O5/c1-24-10-3-2-8(4-11(10)25-14(15)16)13(23)17-5-9-6-20(19-18-9)7-12(21)22/h2-4,6,14H,5,7H2,1H3,(H,17,23)(H,21,22). The molecule has 11 heteroatoms. The Morgan fingerprint density at radius 1 is 1.36 bits per heavy atom. The first kappa shape index (κ1) is 18.1. The zero-order valence-corrected chi connectivity index (χ0v) is 13.0. The molecule has 0 bridgehead atoms. The lowest BCUT2D eigenvalue weighted by Crippen LogP contribution is -2.23. The maximum absolute atomic E-state index is 12.4. The Morgan fingerprint density at radius 3 is 2.76 bits per heavy atom. The molecule has 2 aromatic rings. The second-order valence-electron chi connectivity index (χ2n) is 4.73. The number of methoxy groups -OCH3 is 1. The second kappa shape index (κ2) is 8.04. The minimum Gasteiger partial charge on any atom is -0.493 e. The van der Waals surface area contributed by atoms with Crippen molar-refractivity contribution in [1.82, 2.24) is 20.3 Å². The van der Waals surface area contributed by atoms with E-state index < -0.39 is 18.5 Å². The van der Waals surface area contributed by atoms with Crippen LogP contribution in [0, 0.1) is 0 Å². The van der Waals surface area contributed by atoms with Crippen LogP contribution in [-0.4, -0.2) is 45.7 Å². The van der Waals surface area contributed by atoms with Crippen LogP contribution in [0.1, 0.15) is 16.1 Å². The molecule has 0 saturated heterocycles. The Bertz CT molecular complexity index is 765. The average molecular weight is 356 g/mol. The molecule has 0 aliphatic carbocycles. The third kappa shape index (κ3) is 5.12. The summed E-state index contributed by atoms with van der Waals surface area (Å²) in [5, 5.41) is 18.5. The van der Waals surface area contributed by atoms with E-state index in [1.54, 1.807) is 0 Å². The van der Waals surface area contributed by atoms with Crippen LogP contribution in [0.5, 0.6) is 11.5 Å². The molecule has 2 N–H and O–H groups in total. The first-order valence-electron chi connectivity index (χ1n) is 6.91. The van der Waals surface area contributed by atoms with Crippen molar-refractivity contribution in [2.75, 3.05) is 7.11 Å². The average Bonchev–Trinajstić information content (AvgIpc) is 2.98. The SMILES string of the molecule is COc1ccc(C(=O)NCc2cn(CC(=O)O)nn2)cc1OC(F)F. The van der Waals surface area contributed by atoms with Crippen LogP contribution < -0.4 is 14.8 Å². The van der Waals surface area contributed by atoms with Gasteiger partial charge in [0.1, 0.15) is 12.2 Å². The predicted octanol–water partition coefficient (Wildman–Crippen LogP) is 0.903. The molecular formula is C14H14F2N4O5. The lowest BCUT2D eigenvalue weighted by Gasteiger charge is -2.11. The zero-order valence-electron chi connectivity index (χ0n) is 13.0. The van der Waals surface area contributed by atoms with Gasteiger partial charge in [-0.25, -0.2) is 4.68 Å². The van der Waals surface area contributed by atoms with Gasteiger partial charge in [-0.15, -0.1) is 5.10 Å². The molecule has 0 radical (unpaired) electrons. The van der Waals surface area contributed by atoms with E-state index in [0.717, 1.165) is 10.7 Å². The summed E-state index contributed by atoms with van der Waals surface area (Å²) in [6.45, 7) is -3.43. The molecule has 0 aliphatic rings. The van der Waals surface area contributed by atoms with Crippen molar-refractivity contribution in [2.45, 2.75) is 19.7 Å². The normalized spacial score (nSPS) is 10.6. The summed E-state index contributed by atoms with van der Waals surface area (Å²) in [5.74, 6) is -1.84. The van der Waals surface area contributed by atoms with Gasteiger partial charge >= 0.3 is 12.6 Å². The highest BCUT2D eigenvalue weighted by Crippen LogP contribution is 2.29. The number of aliphatic carboxylic acids is 1. The Kier molecular flexibility index (Phi) is 5.82. The van der Waals surface area contributed by atoms with E-state index in [4.69, 9.17) is 9.84 Å². The van der Waals surface area contributed by atoms with Gasteiger partial charge in [-0.3, -0.25) is 9.59 Å². The van der Waals surface area contributed by atoms with Crippen LogP contribution in [-0.2, 0) is 17.9 Å². The molecule has 0 atom stereocenters. The molecule has 134 valence electrons. The van der Waals surface area contributed by atoms with Gasteiger partial charge < -0.3 is 19.9 Å². The summed E-state index contributed by atoms with van der Waals surface area (Å²) >= 11 is 0. The number of hydrogen-bond acceptors (Lipinski definition) is 6. The van der Waals surface area contributed by atoms with Gasteiger partial charge in [-0.2, -0.15) is 8.78 Å². The number of nitrogens with one attached hydrogen (secondary N) is 1. The zero-order chi connectivity index (χ0) is 18.4. The van der Waals surface area contributed by atoms with E-state index in [9.17, 15) is 18.4 Å². The van der Waals surface area contributed by atoms with Crippen LogP contribution in [0.4, 0.5) is 8.78 Å². The number of hydrogen-bond donors (Lipinski definition) is 2. The molecule has 0 fully saturated rings. The molecule has 2 rings (SSSR count). The molecule has 0 aliphatic heterocycles. The van der Waals surface area contributed by atoms with E-state index in [1.807, 2.05) is 0 Å². The van der Waals surface area contributed by atoms with E-state index in [0.29, 0.717) is 5.69 Å². The fourth-order valence-electron chi connectivity index (χ4n) is 1.91. The number of carboxylic acids is 1. The predicted molar refractivity (Wildman–Crippen MR) is 78.5 cm³/mol. The minimum absolute atomic E-state index is 0.0183. The summed E-state index contributed by atoms with van der Waals surface area (Å²) < 4.78 is 35.1. The third-order valence-corrected chi connectivity index (χ3v) is 2.96. The van der Waals surface area contributed by atoms with Crippen molar-refractivity contribution in [1.29, 1.82) is 0 Å². The third-order valence-electron chi connectivity index (χ3n) is 2.96. The fourth-order valence-corrected chi connectivity index (χ4v) is 1.91. The van der Waals surface area contributed by atoms with E-state index in [1.165, 1.54) is 25.4 Å². The van der Waals surface area contributed by atoms with Gasteiger partial charge in [0.15, 0.2) is 11.5 Å². The first-order chi connectivity index (χ1) is 11.9. The van der Waals surface area contributed by atoms with Gasteiger partial charge in [0, 0.05) is 5.56 Å². The highest BCUT2D eigenvalue weighted by molar-refractivity contribution is 5.94. The van der Waals surface area contributed by atoms with Gasteiger partial charge in [-0.1, -0.05) is 5.21 Å². The molecule has 0 saturated carbocycles. The Labute approximate surface area is 140 Å². The highest BCUT2D eigenvalue weighted by Gasteiger charge is 2.15. The summed E-state index contributed by atoms with van der Waals surface area (Å²) in [5.41, 5.74) is 0.418. The first-order valence-corrected chi connectivity index (χ1v) is 6.91. The van der Waals surface area contributed by atoms with Crippen LogP contribution >= 0.6 is 0 Å². The summed E-state index contributed by atoms with van der Waals surface area (Å²) in [6.07, 6.45) is 1.37. The van der Waals surface area contributed by atoms with Crippen LogP contribution in [0.3, 0.4) is 0 Å². The number of carboxylic acid groups (broad SMARTS) is 1. The number of alkyl halides is 2. The van der Waals surface area contributed by atoms with Crippen LogP contribution in [0.25, 0.3) is 0 Å². The molecule has 0 spiro atoms. The van der Waals surface area contributed by atoms with Gasteiger partial charge in [0.2, 0.25) is 0 Å². The van der Waals surface area contributed by atoms with Crippen molar-refractivity contribution in [3.63, 3.8) is 0 Å². The smallest absolute Gasteiger partial charge is 0.387 e. The molecule has 0 unspecified atom stereocenters. The topological polar surface area (TPSA) is 116 Å². The number of halogens is 2. The highest BCUT2D eigenvalue weighted by atomic mass is 19.3. The number of rotatable bonds is 8. The summed E-state index contributed by atoms with van der Waals surface area (Å²) in [4.78, 5) is 22.7. The monoisotopic (exact) mass is 356 g/mol. The number of benzene rings is 1. The lowest BCUT2D eigenvalue weighted by molar-refractivity contribution is -0.137. The molecule has 25 heavy (non-hydrogen) atoms. The fraction of sp³-hybridized carbons (Fsp3) is 0.286. The Morgan fingerprint density at radius 2 is 2.12 bits per heavy atom. The molecule has 1 aromatic heterocycles. The van der Waals surface area contributed by atoms with Crippen LogP contribution in [0.15, 0.2) is 24.4 Å². The largest absolute Gasteiger partial charge is 0.493 e. The summed E-state index contributed by atoms with van der Waals surface area (Å²) in [6, 6.07) is 3.84. The van der Waals surface area contributed by atoms with Crippen LogP contribution in [0.2, 0.25) is 0 Å². The van der Waals surface area contributed by atoms with Crippen molar-refractivity contribution < 1.29 is 33.0 Å². The van der Waals surface area contributed by atoms with Crippen molar-refractivity contribution in [3.05, 3.63) is 35.7 Å². The number of carbonyl (C=O) groups is 2. The van der Waals surface area contributed by atoms with Crippen molar-refractivity contribution in [3.8, 4) is 11.5 Å². The van der Waals surface area contributed by atoms with Gasteiger partial charge in [-0.05, 0) is 18.2 Å². The summed E-state index contributed by atoms with van der Waals surface area (Å²) in [7, 11) is 1.29. The van der Waals surface area contributed by atoms with E-state index in [2.05, 4.69) is 20.4 Å². The Balaban J connectivity index is 2.02. The van der Waals surface area contributed by atoms with Crippen molar-refractivity contribution in [2.24, 2.45) is 0 Å². The second-order valence-corrected chi connectivity index (χ2v) is 4.73. The number of aromatic nitrogens is 3. The lowest BCUT2D eigenvalue weighted by atomic mass is 10.2. The molecule has 1 amide bonds. The van der Waals surface area contributed by atoms with Crippen molar-refractivity contribution >= 4 is 11.9 Å². The Hall–Kier alpha value is -3.24. The number of amides is 1. The number of nitrogens with zero attached hydrogens (tertiary/aromatic N) is 3. The number of ether oxygens (including phenoxy) is 2. The maximum atomic E-state index is 12.4.